The number of nitrogens with one attached hydrogen (secondary N) is 3. The van der Waals surface area contributed by atoms with E-state index in [0.717, 1.165) is 0 Å². The fourth-order valence-electron chi connectivity index (χ4n) is 1.23. The van der Waals surface area contributed by atoms with E-state index in [2.05, 4.69) is 16.0 Å². The van der Waals surface area contributed by atoms with Gasteiger partial charge in [-0.25, -0.2) is 9.59 Å². The highest BCUT2D eigenvalue weighted by Gasteiger charge is 2.17. The average Bonchev–Trinajstić information content (AvgIpc) is 2.24. The number of hydrogen-bond donors (Lipinski definition) is 4. The molecule has 3 amide bonds. The first-order valence-corrected chi connectivity index (χ1v) is 5.93. The second-order valence-corrected chi connectivity index (χ2v) is 4.17. The van der Waals surface area contributed by atoms with Gasteiger partial charge in [0.25, 0.3) is 0 Å². The summed E-state index contributed by atoms with van der Waals surface area (Å²) in [7, 11) is 0. The number of carboxylic acids is 1. The van der Waals surface area contributed by atoms with E-state index in [9.17, 15) is 14.4 Å². The summed E-state index contributed by atoms with van der Waals surface area (Å²) in [4.78, 5) is 33.2. The smallest absolute Gasteiger partial charge is 0.326 e. The molecule has 0 aliphatic carbocycles. The van der Waals surface area contributed by atoms with Gasteiger partial charge in [0, 0.05) is 19.0 Å². The van der Waals surface area contributed by atoms with Crippen molar-refractivity contribution < 1.29 is 19.5 Å². The van der Waals surface area contributed by atoms with Crippen LogP contribution in [0.2, 0.25) is 0 Å². The highest BCUT2D eigenvalue weighted by Crippen LogP contribution is 1.90. The first-order chi connectivity index (χ1) is 8.36. The Balaban J connectivity index is 3.83. The molecule has 0 bridgehead atoms. The Morgan fingerprint density at radius 1 is 1.17 bits per heavy atom. The van der Waals surface area contributed by atoms with E-state index in [0.29, 0.717) is 6.42 Å². The van der Waals surface area contributed by atoms with Gasteiger partial charge in [-0.15, -0.1) is 0 Å². The van der Waals surface area contributed by atoms with Gasteiger partial charge in [0.15, 0.2) is 0 Å². The molecular formula is C11H21N3O4. The normalized spacial score (nSPS) is 11.8. The lowest BCUT2D eigenvalue weighted by Crippen LogP contribution is -2.46. The molecule has 18 heavy (non-hydrogen) atoms. The highest BCUT2D eigenvalue weighted by molar-refractivity contribution is 5.83. The lowest BCUT2D eigenvalue weighted by atomic mass is 10.2. The monoisotopic (exact) mass is 259 g/mol. The Hall–Kier alpha value is -1.79. The van der Waals surface area contributed by atoms with Crippen molar-refractivity contribution in [3.05, 3.63) is 0 Å². The SMILES string of the molecule is CCC(NC(=O)NCCC(=O)NC(C)C)C(=O)O. The molecule has 4 N–H and O–H groups in total. The number of carbonyl (C=O) groups is 3. The molecule has 0 aliphatic heterocycles. The molecule has 0 radical (unpaired) electrons. The van der Waals surface area contributed by atoms with Crippen molar-refractivity contribution in [2.45, 2.75) is 45.7 Å². The number of urea groups is 1. The van der Waals surface area contributed by atoms with E-state index < -0.39 is 18.0 Å². The summed E-state index contributed by atoms with van der Waals surface area (Å²) >= 11 is 0. The zero-order valence-corrected chi connectivity index (χ0v) is 10.9. The summed E-state index contributed by atoms with van der Waals surface area (Å²) in [5.41, 5.74) is 0. The Bertz CT molecular complexity index is 305. The fourth-order valence-corrected chi connectivity index (χ4v) is 1.23. The molecule has 0 heterocycles. The van der Waals surface area contributed by atoms with E-state index in [1.54, 1.807) is 6.92 Å². The van der Waals surface area contributed by atoms with Gasteiger partial charge in [0.2, 0.25) is 5.91 Å². The number of rotatable bonds is 7. The van der Waals surface area contributed by atoms with Crippen LogP contribution >= 0.6 is 0 Å². The Labute approximate surface area is 106 Å². The zero-order valence-electron chi connectivity index (χ0n) is 10.9. The van der Waals surface area contributed by atoms with Crippen LogP contribution in [0.4, 0.5) is 4.79 Å². The molecule has 0 fully saturated rings. The third-order valence-corrected chi connectivity index (χ3v) is 2.10. The van der Waals surface area contributed by atoms with Crippen molar-refractivity contribution in [3.63, 3.8) is 0 Å². The van der Waals surface area contributed by atoms with Crippen LogP contribution in [0, 0.1) is 0 Å². The molecule has 0 aliphatic rings. The van der Waals surface area contributed by atoms with Gasteiger partial charge in [-0.1, -0.05) is 6.92 Å². The van der Waals surface area contributed by atoms with Gasteiger partial charge in [0.1, 0.15) is 6.04 Å². The number of aliphatic carboxylic acids is 1. The third kappa shape index (κ3) is 7.48. The molecule has 1 atom stereocenters. The Morgan fingerprint density at radius 2 is 1.78 bits per heavy atom. The summed E-state index contributed by atoms with van der Waals surface area (Å²) in [6, 6.07) is -1.43. The fraction of sp³-hybridized carbons (Fsp3) is 0.727. The predicted octanol–water partition coefficient (Wildman–Crippen LogP) is 0.0635. The molecular weight excluding hydrogens is 238 g/mol. The molecule has 0 rings (SSSR count). The van der Waals surface area contributed by atoms with E-state index >= 15 is 0 Å². The van der Waals surface area contributed by atoms with Crippen molar-refractivity contribution >= 4 is 17.9 Å². The van der Waals surface area contributed by atoms with E-state index in [1.165, 1.54) is 0 Å². The maximum atomic E-state index is 11.3. The van der Waals surface area contributed by atoms with E-state index in [1.807, 2.05) is 13.8 Å². The third-order valence-electron chi connectivity index (χ3n) is 2.10. The summed E-state index contributed by atoms with van der Waals surface area (Å²) in [5.74, 6) is -1.24. The molecule has 0 saturated carbocycles. The van der Waals surface area contributed by atoms with Crippen molar-refractivity contribution in [1.29, 1.82) is 0 Å². The van der Waals surface area contributed by atoms with Crippen LogP contribution in [0.5, 0.6) is 0 Å². The van der Waals surface area contributed by atoms with Crippen molar-refractivity contribution in [1.82, 2.24) is 16.0 Å². The molecule has 7 heteroatoms. The summed E-state index contributed by atoms with van der Waals surface area (Å²) in [6.45, 7) is 5.52. The number of carbonyl (C=O) groups excluding carboxylic acids is 2. The maximum absolute atomic E-state index is 11.3. The van der Waals surface area contributed by atoms with Crippen LogP contribution in [0.3, 0.4) is 0 Å². The molecule has 0 aromatic heterocycles. The van der Waals surface area contributed by atoms with Gasteiger partial charge < -0.3 is 21.1 Å². The van der Waals surface area contributed by atoms with Crippen LogP contribution in [-0.4, -0.2) is 41.6 Å². The number of amides is 3. The van der Waals surface area contributed by atoms with Crippen LogP contribution in [0.15, 0.2) is 0 Å². The lowest BCUT2D eigenvalue weighted by molar-refractivity contribution is -0.139. The van der Waals surface area contributed by atoms with Crippen molar-refractivity contribution in [2.75, 3.05) is 6.54 Å². The van der Waals surface area contributed by atoms with Gasteiger partial charge in [-0.3, -0.25) is 4.79 Å². The van der Waals surface area contributed by atoms with Crippen molar-refractivity contribution in [3.8, 4) is 0 Å². The Morgan fingerprint density at radius 3 is 2.22 bits per heavy atom. The minimum Gasteiger partial charge on any atom is -0.480 e. The van der Waals surface area contributed by atoms with E-state index in [4.69, 9.17) is 5.11 Å². The first kappa shape index (κ1) is 16.2. The molecule has 0 saturated heterocycles. The summed E-state index contributed by atoms with van der Waals surface area (Å²) < 4.78 is 0. The van der Waals surface area contributed by atoms with Gasteiger partial charge in [0.05, 0.1) is 0 Å². The van der Waals surface area contributed by atoms with Crippen LogP contribution in [0.1, 0.15) is 33.6 Å². The second kappa shape index (κ2) is 8.32. The molecule has 7 nitrogen and oxygen atoms in total. The number of hydrogen-bond acceptors (Lipinski definition) is 3. The molecule has 104 valence electrons. The minimum absolute atomic E-state index is 0.0582. The molecule has 0 spiro atoms. The van der Waals surface area contributed by atoms with Gasteiger partial charge >= 0.3 is 12.0 Å². The topological polar surface area (TPSA) is 108 Å². The molecule has 1 unspecified atom stereocenters. The standard InChI is InChI=1S/C11H21N3O4/c1-4-8(10(16)17)14-11(18)12-6-5-9(15)13-7(2)3/h7-8H,4-6H2,1-3H3,(H,13,15)(H,16,17)(H2,12,14,18). The summed E-state index contributed by atoms with van der Waals surface area (Å²) in [5, 5.41) is 16.1. The largest absolute Gasteiger partial charge is 0.480 e. The first-order valence-electron chi connectivity index (χ1n) is 5.93. The van der Waals surface area contributed by atoms with Crippen LogP contribution in [-0.2, 0) is 9.59 Å². The average molecular weight is 259 g/mol. The van der Waals surface area contributed by atoms with E-state index in [-0.39, 0.29) is 24.9 Å². The van der Waals surface area contributed by atoms with Gasteiger partial charge in [-0.05, 0) is 20.3 Å². The van der Waals surface area contributed by atoms with Crippen LogP contribution in [0.25, 0.3) is 0 Å². The molecule has 0 aromatic carbocycles. The molecule has 0 aromatic rings. The van der Waals surface area contributed by atoms with Crippen LogP contribution < -0.4 is 16.0 Å². The quantitative estimate of drug-likeness (QED) is 0.518. The lowest BCUT2D eigenvalue weighted by Gasteiger charge is -2.13. The predicted molar refractivity (Wildman–Crippen MR) is 66.1 cm³/mol. The van der Waals surface area contributed by atoms with Crippen molar-refractivity contribution in [2.24, 2.45) is 0 Å². The summed E-state index contributed by atoms with van der Waals surface area (Å²) in [6.07, 6.45) is 0.464. The highest BCUT2D eigenvalue weighted by atomic mass is 16.4. The zero-order chi connectivity index (χ0) is 14.1. The minimum atomic E-state index is -1.08. The van der Waals surface area contributed by atoms with Gasteiger partial charge in [-0.2, -0.15) is 0 Å². The number of carboxylic acid groups (broad SMARTS) is 1. The maximum Gasteiger partial charge on any atom is 0.326 e. The Kier molecular flexibility index (Phi) is 7.50. The second-order valence-electron chi connectivity index (χ2n) is 4.17.